The predicted molar refractivity (Wildman–Crippen MR) is 88.3 cm³/mol. The van der Waals surface area contributed by atoms with E-state index in [1.54, 1.807) is 11.8 Å². The van der Waals surface area contributed by atoms with Gasteiger partial charge < -0.3 is 14.5 Å². The molecule has 2 atom stereocenters. The molecule has 23 heavy (non-hydrogen) atoms. The maximum Gasteiger partial charge on any atom is 0.312 e. The number of nitrogens with zero attached hydrogens (tertiary/aromatic N) is 2. The van der Waals surface area contributed by atoms with Crippen LogP contribution in [0.4, 0.5) is 5.69 Å². The van der Waals surface area contributed by atoms with Crippen molar-refractivity contribution >= 4 is 17.6 Å². The number of para-hydroxylation sites is 1. The van der Waals surface area contributed by atoms with Gasteiger partial charge in [-0.2, -0.15) is 0 Å². The van der Waals surface area contributed by atoms with Crippen LogP contribution in [0.25, 0.3) is 0 Å². The molecule has 124 valence electrons. The van der Waals surface area contributed by atoms with Crippen molar-refractivity contribution in [1.29, 1.82) is 0 Å². The van der Waals surface area contributed by atoms with E-state index in [4.69, 9.17) is 4.74 Å². The Hall–Kier alpha value is -2.04. The van der Waals surface area contributed by atoms with Crippen molar-refractivity contribution in [3.05, 3.63) is 29.8 Å². The Balaban J connectivity index is 1.85. The molecule has 1 amide bonds. The molecular weight excluding hydrogens is 292 g/mol. The Morgan fingerprint density at radius 2 is 2.04 bits per heavy atom. The van der Waals surface area contributed by atoms with Crippen molar-refractivity contribution in [2.24, 2.45) is 5.92 Å². The van der Waals surface area contributed by atoms with E-state index in [1.165, 1.54) is 11.3 Å². The first-order chi connectivity index (χ1) is 11.1. The van der Waals surface area contributed by atoms with E-state index in [9.17, 15) is 9.59 Å². The lowest BCUT2D eigenvalue weighted by atomic mass is 9.90. The van der Waals surface area contributed by atoms with Crippen molar-refractivity contribution in [1.82, 2.24) is 4.90 Å². The third-order valence-electron chi connectivity index (χ3n) is 4.93. The number of hydrogen-bond donors (Lipinski definition) is 0. The van der Waals surface area contributed by atoms with Crippen molar-refractivity contribution in [2.45, 2.75) is 32.7 Å². The number of ether oxygens (including phenoxy) is 1. The summed E-state index contributed by atoms with van der Waals surface area (Å²) in [5.41, 5.74) is 2.56. The van der Waals surface area contributed by atoms with E-state index in [1.807, 2.05) is 13.0 Å². The average Bonchev–Trinajstić information content (AvgIpc) is 2.98. The first-order valence-electron chi connectivity index (χ1n) is 8.38. The Morgan fingerprint density at radius 1 is 1.26 bits per heavy atom. The molecule has 0 radical (unpaired) electrons. The molecular formula is C18H24N2O3. The van der Waals surface area contributed by atoms with Crippen LogP contribution >= 0.6 is 0 Å². The molecule has 0 saturated carbocycles. The molecule has 0 spiro atoms. The second kappa shape index (κ2) is 6.60. The van der Waals surface area contributed by atoms with Crippen LogP contribution in [0, 0.1) is 5.92 Å². The molecule has 2 heterocycles. The molecule has 1 fully saturated rings. The number of likely N-dealkylation sites (tertiary alicyclic amines) is 1. The normalized spacial score (nSPS) is 23.6. The first kappa shape index (κ1) is 15.8. The number of benzene rings is 1. The van der Waals surface area contributed by atoms with Gasteiger partial charge in [0.25, 0.3) is 0 Å². The number of rotatable bonds is 3. The van der Waals surface area contributed by atoms with Crippen molar-refractivity contribution in [3.63, 3.8) is 0 Å². The molecule has 2 aliphatic heterocycles. The number of fused-ring (bicyclic) bond motifs is 1. The summed E-state index contributed by atoms with van der Waals surface area (Å²) >= 11 is 0. The average molecular weight is 316 g/mol. The van der Waals surface area contributed by atoms with Crippen LogP contribution in [-0.2, 0) is 20.7 Å². The lowest BCUT2D eigenvalue weighted by molar-refractivity contribution is -0.151. The minimum absolute atomic E-state index is 0.0274. The summed E-state index contributed by atoms with van der Waals surface area (Å²) in [5, 5.41) is 0. The van der Waals surface area contributed by atoms with Gasteiger partial charge in [-0.1, -0.05) is 18.2 Å². The molecule has 0 aliphatic carbocycles. The highest BCUT2D eigenvalue weighted by atomic mass is 16.5. The van der Waals surface area contributed by atoms with Gasteiger partial charge in [-0.25, -0.2) is 0 Å². The van der Waals surface area contributed by atoms with Gasteiger partial charge in [0.15, 0.2) is 0 Å². The third kappa shape index (κ3) is 3.05. The zero-order valence-electron chi connectivity index (χ0n) is 13.8. The summed E-state index contributed by atoms with van der Waals surface area (Å²) in [6.07, 6.45) is 1.82. The number of carbonyl (C=O) groups is 2. The Morgan fingerprint density at radius 3 is 2.78 bits per heavy atom. The summed E-state index contributed by atoms with van der Waals surface area (Å²) in [7, 11) is 0. The van der Waals surface area contributed by atoms with Crippen molar-refractivity contribution in [2.75, 3.05) is 31.1 Å². The van der Waals surface area contributed by atoms with Crippen LogP contribution in [-0.4, -0.2) is 49.1 Å². The highest BCUT2D eigenvalue weighted by molar-refractivity contribution is 5.78. The molecule has 2 aliphatic rings. The summed E-state index contributed by atoms with van der Waals surface area (Å²) in [6.45, 7) is 5.85. The zero-order valence-corrected chi connectivity index (χ0v) is 13.8. The molecule has 0 bridgehead atoms. The molecule has 0 unspecified atom stereocenters. The fraction of sp³-hybridized carbons (Fsp3) is 0.556. The Kier molecular flexibility index (Phi) is 4.55. The minimum Gasteiger partial charge on any atom is -0.466 e. The number of amides is 1. The van der Waals surface area contributed by atoms with E-state index in [2.05, 4.69) is 23.1 Å². The van der Waals surface area contributed by atoms with Crippen LogP contribution in [0.5, 0.6) is 0 Å². The van der Waals surface area contributed by atoms with Gasteiger partial charge in [0.2, 0.25) is 5.91 Å². The number of piperidine rings is 1. The predicted octanol–water partition coefficient (Wildman–Crippen LogP) is 1.85. The van der Waals surface area contributed by atoms with Crippen LogP contribution in [0.2, 0.25) is 0 Å². The van der Waals surface area contributed by atoms with E-state index in [0.29, 0.717) is 19.7 Å². The summed E-state index contributed by atoms with van der Waals surface area (Å²) < 4.78 is 5.28. The molecule has 5 nitrogen and oxygen atoms in total. The summed E-state index contributed by atoms with van der Waals surface area (Å²) in [4.78, 5) is 28.3. The van der Waals surface area contributed by atoms with Crippen molar-refractivity contribution in [3.8, 4) is 0 Å². The van der Waals surface area contributed by atoms with Gasteiger partial charge in [0.1, 0.15) is 0 Å². The van der Waals surface area contributed by atoms with Gasteiger partial charge in [-0.15, -0.1) is 0 Å². The molecule has 0 aromatic heterocycles. The lowest BCUT2D eigenvalue weighted by Crippen LogP contribution is -2.54. The third-order valence-corrected chi connectivity index (χ3v) is 4.93. The highest BCUT2D eigenvalue weighted by Gasteiger charge is 2.41. The van der Waals surface area contributed by atoms with Gasteiger partial charge in [-0.05, 0) is 31.4 Å². The minimum atomic E-state index is -0.279. The fourth-order valence-corrected chi connectivity index (χ4v) is 3.79. The molecule has 0 N–H and O–H groups in total. The van der Waals surface area contributed by atoms with Gasteiger partial charge in [-0.3, -0.25) is 9.59 Å². The van der Waals surface area contributed by atoms with Gasteiger partial charge in [0.05, 0.1) is 12.5 Å². The van der Waals surface area contributed by atoms with Crippen LogP contribution in [0.3, 0.4) is 0 Å². The van der Waals surface area contributed by atoms with E-state index >= 15 is 0 Å². The SMILES string of the molecule is CCOC(=O)[C@H]1CN(C(C)=O)CC[C@H]1N1CCc2ccccc21. The second-order valence-electron chi connectivity index (χ2n) is 6.25. The molecule has 5 heteroatoms. The summed E-state index contributed by atoms with van der Waals surface area (Å²) in [5.74, 6) is -0.439. The smallest absolute Gasteiger partial charge is 0.312 e. The van der Waals surface area contributed by atoms with Crippen molar-refractivity contribution < 1.29 is 14.3 Å². The first-order valence-corrected chi connectivity index (χ1v) is 8.38. The molecule has 1 aromatic rings. The van der Waals surface area contributed by atoms with E-state index in [0.717, 1.165) is 19.4 Å². The van der Waals surface area contributed by atoms with Crippen LogP contribution in [0.15, 0.2) is 24.3 Å². The van der Waals surface area contributed by atoms with E-state index in [-0.39, 0.29) is 23.8 Å². The zero-order chi connectivity index (χ0) is 16.4. The Bertz CT molecular complexity index is 602. The maximum atomic E-state index is 12.5. The van der Waals surface area contributed by atoms with Crippen LogP contribution < -0.4 is 4.90 Å². The standard InChI is InChI=1S/C18H24N2O3/c1-3-23-18(22)15-12-19(13(2)21)10-9-17(15)20-11-8-14-6-4-5-7-16(14)20/h4-7,15,17H,3,8-12H2,1-2H3/t15-,17+/m0/s1. The monoisotopic (exact) mass is 316 g/mol. The quantitative estimate of drug-likeness (QED) is 0.799. The van der Waals surface area contributed by atoms with Gasteiger partial charge >= 0.3 is 5.97 Å². The number of anilines is 1. The molecule has 1 saturated heterocycles. The maximum absolute atomic E-state index is 12.5. The number of esters is 1. The largest absolute Gasteiger partial charge is 0.466 e. The van der Waals surface area contributed by atoms with Crippen LogP contribution in [0.1, 0.15) is 25.8 Å². The number of carbonyl (C=O) groups excluding carboxylic acids is 2. The van der Waals surface area contributed by atoms with Gasteiger partial charge in [0, 0.05) is 38.3 Å². The molecule has 3 rings (SSSR count). The highest BCUT2D eigenvalue weighted by Crippen LogP contribution is 2.34. The topological polar surface area (TPSA) is 49.9 Å². The fourth-order valence-electron chi connectivity index (χ4n) is 3.79. The summed E-state index contributed by atoms with van der Waals surface area (Å²) in [6, 6.07) is 8.49. The van der Waals surface area contributed by atoms with E-state index < -0.39 is 0 Å². The second-order valence-corrected chi connectivity index (χ2v) is 6.25. The Labute approximate surface area is 137 Å². The lowest BCUT2D eigenvalue weighted by Gasteiger charge is -2.42. The number of hydrogen-bond acceptors (Lipinski definition) is 4. The molecule has 1 aromatic carbocycles.